The second-order valence-electron chi connectivity index (χ2n) is 6.45. The minimum atomic E-state index is 0.501. The highest BCUT2D eigenvalue weighted by Crippen LogP contribution is 2.25. The number of anilines is 2. The van der Waals surface area contributed by atoms with Gasteiger partial charge in [-0.05, 0) is 30.5 Å². The molecule has 1 fully saturated rings. The van der Waals surface area contributed by atoms with Crippen molar-refractivity contribution < 1.29 is 4.74 Å². The molecule has 0 spiro atoms. The highest BCUT2D eigenvalue weighted by molar-refractivity contribution is 5.96. The van der Waals surface area contributed by atoms with Crippen LogP contribution in [-0.4, -0.2) is 47.0 Å². The topological polar surface area (TPSA) is 104 Å². The van der Waals surface area contributed by atoms with Crippen LogP contribution in [0.1, 0.15) is 25.0 Å². The van der Waals surface area contributed by atoms with Crippen LogP contribution in [0.5, 0.6) is 0 Å². The van der Waals surface area contributed by atoms with E-state index >= 15 is 0 Å². The molecular weight excluding hydrogens is 340 g/mol. The zero-order valence-corrected chi connectivity index (χ0v) is 15.8. The molecule has 0 aliphatic carbocycles. The molecule has 0 radical (unpaired) electrons. The predicted octanol–water partition coefficient (Wildman–Crippen LogP) is 3.01. The normalized spacial score (nSPS) is 13.9. The molecule has 1 aromatic carbocycles. The number of aryl methyl sites for hydroxylation is 1. The van der Waals surface area contributed by atoms with Crippen molar-refractivity contribution in [2.45, 2.75) is 20.3 Å². The van der Waals surface area contributed by atoms with Gasteiger partial charge in [0, 0.05) is 24.9 Å². The standard InChI is InChI=1S/C10H13N5O.C10H13N/c11-8-5-7(15-1-3-16-4-2-15)9-10(14-8)13-6-12-9;1-3-9-5-4-6-10(7-9)8(2)11/h5-6H,1-4H2,(H3,11,12,13,14);4-7,11H,3H2,1-2H3. The smallest absolute Gasteiger partial charge is 0.181 e. The SMILES string of the molecule is CCc1cccc(C(C)=N)c1.Nc1cc(N2CCOCC2)c2[nH]cnc2n1. The number of imidazole rings is 1. The van der Waals surface area contributed by atoms with Crippen LogP contribution in [0.4, 0.5) is 11.5 Å². The predicted molar refractivity (Wildman–Crippen MR) is 110 cm³/mol. The van der Waals surface area contributed by atoms with Gasteiger partial charge in [-0.15, -0.1) is 0 Å². The third kappa shape index (κ3) is 4.62. The van der Waals surface area contributed by atoms with Crippen LogP contribution in [0.2, 0.25) is 0 Å². The summed E-state index contributed by atoms with van der Waals surface area (Å²) in [5, 5.41) is 7.41. The second kappa shape index (κ2) is 8.64. The van der Waals surface area contributed by atoms with Crippen LogP contribution in [0.15, 0.2) is 36.7 Å². The molecule has 3 heterocycles. The maximum absolute atomic E-state index is 7.41. The molecule has 7 heteroatoms. The lowest BCUT2D eigenvalue weighted by Gasteiger charge is -2.29. The number of nitrogens with one attached hydrogen (secondary N) is 2. The molecule has 1 aliphatic rings. The Balaban J connectivity index is 0.000000168. The van der Waals surface area contributed by atoms with Crippen molar-refractivity contribution in [3.05, 3.63) is 47.8 Å². The molecule has 4 N–H and O–H groups in total. The van der Waals surface area contributed by atoms with E-state index in [2.05, 4.69) is 38.9 Å². The summed E-state index contributed by atoms with van der Waals surface area (Å²) in [7, 11) is 0. The van der Waals surface area contributed by atoms with Gasteiger partial charge in [0.15, 0.2) is 5.65 Å². The lowest BCUT2D eigenvalue weighted by Crippen LogP contribution is -2.36. The zero-order chi connectivity index (χ0) is 19.2. The number of nitrogens with two attached hydrogens (primary N) is 1. The van der Waals surface area contributed by atoms with Crippen molar-refractivity contribution in [3.8, 4) is 0 Å². The van der Waals surface area contributed by atoms with Crippen LogP contribution in [0.25, 0.3) is 11.2 Å². The Bertz CT molecular complexity index is 914. The molecule has 0 amide bonds. The molecule has 2 aromatic heterocycles. The highest BCUT2D eigenvalue weighted by atomic mass is 16.5. The van der Waals surface area contributed by atoms with Crippen LogP contribution >= 0.6 is 0 Å². The van der Waals surface area contributed by atoms with Gasteiger partial charge in [0.1, 0.15) is 11.3 Å². The van der Waals surface area contributed by atoms with E-state index in [1.165, 1.54) is 5.56 Å². The number of nitrogen functional groups attached to an aromatic ring is 1. The average Bonchev–Trinajstić information content (AvgIpc) is 3.17. The van der Waals surface area contributed by atoms with Crippen LogP contribution in [0, 0.1) is 5.41 Å². The Hall–Kier alpha value is -2.93. The molecule has 0 unspecified atom stereocenters. The van der Waals surface area contributed by atoms with E-state index < -0.39 is 0 Å². The first-order valence-corrected chi connectivity index (χ1v) is 9.15. The first-order valence-electron chi connectivity index (χ1n) is 9.15. The molecule has 0 atom stereocenters. The van der Waals surface area contributed by atoms with E-state index in [-0.39, 0.29) is 0 Å². The number of aromatic amines is 1. The lowest BCUT2D eigenvalue weighted by atomic mass is 10.1. The van der Waals surface area contributed by atoms with Gasteiger partial charge in [-0.1, -0.05) is 25.1 Å². The van der Waals surface area contributed by atoms with Crippen molar-refractivity contribution >= 4 is 28.4 Å². The van der Waals surface area contributed by atoms with Crippen molar-refractivity contribution in [2.24, 2.45) is 0 Å². The summed E-state index contributed by atoms with van der Waals surface area (Å²) in [6, 6.07) is 10.0. The number of hydrogen-bond acceptors (Lipinski definition) is 6. The Labute approximate surface area is 159 Å². The summed E-state index contributed by atoms with van der Waals surface area (Å²) < 4.78 is 5.33. The lowest BCUT2D eigenvalue weighted by molar-refractivity contribution is 0.123. The Morgan fingerprint density at radius 3 is 2.78 bits per heavy atom. The average molecular weight is 366 g/mol. The van der Waals surface area contributed by atoms with E-state index in [0.29, 0.717) is 17.2 Å². The molecule has 3 aromatic rings. The van der Waals surface area contributed by atoms with Gasteiger partial charge in [-0.3, -0.25) is 0 Å². The first kappa shape index (κ1) is 18.8. The van der Waals surface area contributed by atoms with Crippen LogP contribution in [0.3, 0.4) is 0 Å². The number of benzene rings is 1. The number of fused-ring (bicyclic) bond motifs is 1. The van der Waals surface area contributed by atoms with Gasteiger partial charge >= 0.3 is 0 Å². The monoisotopic (exact) mass is 366 g/mol. The largest absolute Gasteiger partial charge is 0.384 e. The van der Waals surface area contributed by atoms with Crippen molar-refractivity contribution in [3.63, 3.8) is 0 Å². The summed E-state index contributed by atoms with van der Waals surface area (Å²) in [6.07, 6.45) is 2.68. The highest BCUT2D eigenvalue weighted by Gasteiger charge is 2.16. The molecule has 1 aliphatic heterocycles. The van der Waals surface area contributed by atoms with Gasteiger partial charge in [0.25, 0.3) is 0 Å². The molecule has 1 saturated heterocycles. The maximum atomic E-state index is 7.41. The summed E-state index contributed by atoms with van der Waals surface area (Å²) in [4.78, 5) is 13.6. The van der Waals surface area contributed by atoms with E-state index in [1.54, 1.807) is 6.33 Å². The van der Waals surface area contributed by atoms with Crippen LogP contribution < -0.4 is 10.6 Å². The van der Waals surface area contributed by atoms with E-state index in [0.717, 1.165) is 49.5 Å². The van der Waals surface area contributed by atoms with Gasteiger partial charge in [-0.25, -0.2) is 9.97 Å². The third-order valence-electron chi connectivity index (χ3n) is 4.52. The fourth-order valence-corrected chi connectivity index (χ4v) is 3.01. The maximum Gasteiger partial charge on any atom is 0.181 e. The van der Waals surface area contributed by atoms with E-state index in [1.807, 2.05) is 25.1 Å². The fourth-order valence-electron chi connectivity index (χ4n) is 3.01. The van der Waals surface area contributed by atoms with Gasteiger partial charge in [0.05, 0.1) is 25.2 Å². The Kier molecular flexibility index (Phi) is 6.03. The minimum absolute atomic E-state index is 0.501. The summed E-state index contributed by atoms with van der Waals surface area (Å²) >= 11 is 0. The molecule has 4 rings (SSSR count). The third-order valence-corrected chi connectivity index (χ3v) is 4.52. The van der Waals surface area contributed by atoms with Gasteiger partial charge in [-0.2, -0.15) is 0 Å². The Morgan fingerprint density at radius 2 is 2.07 bits per heavy atom. The Morgan fingerprint density at radius 1 is 1.30 bits per heavy atom. The second-order valence-corrected chi connectivity index (χ2v) is 6.45. The van der Waals surface area contributed by atoms with Crippen molar-refractivity contribution in [2.75, 3.05) is 36.9 Å². The molecule has 0 bridgehead atoms. The number of pyridine rings is 1. The number of hydrogen-bond donors (Lipinski definition) is 3. The number of ether oxygens (including phenoxy) is 1. The van der Waals surface area contributed by atoms with E-state index in [9.17, 15) is 0 Å². The summed E-state index contributed by atoms with van der Waals surface area (Å²) in [5.74, 6) is 0.501. The van der Waals surface area contributed by atoms with Gasteiger partial charge in [0.2, 0.25) is 0 Å². The minimum Gasteiger partial charge on any atom is -0.384 e. The quantitative estimate of drug-likeness (QED) is 0.618. The fraction of sp³-hybridized carbons (Fsp3) is 0.350. The number of morpholine rings is 1. The molecule has 0 saturated carbocycles. The zero-order valence-electron chi connectivity index (χ0n) is 15.8. The molecule has 142 valence electrons. The summed E-state index contributed by atoms with van der Waals surface area (Å²) in [6.45, 7) is 7.18. The number of nitrogens with zero attached hydrogens (tertiary/aromatic N) is 3. The summed E-state index contributed by atoms with van der Waals surface area (Å²) in [5.41, 5.74) is 11.4. The van der Waals surface area contributed by atoms with Crippen molar-refractivity contribution in [1.29, 1.82) is 5.41 Å². The van der Waals surface area contributed by atoms with Crippen LogP contribution in [-0.2, 0) is 11.2 Å². The first-order chi connectivity index (χ1) is 13.1. The molecular formula is C20H26N6O. The van der Waals surface area contributed by atoms with Crippen molar-refractivity contribution in [1.82, 2.24) is 15.0 Å². The number of H-pyrrole nitrogens is 1. The number of rotatable bonds is 3. The molecule has 7 nitrogen and oxygen atoms in total. The molecule has 27 heavy (non-hydrogen) atoms. The van der Waals surface area contributed by atoms with E-state index in [4.69, 9.17) is 15.9 Å². The number of aromatic nitrogens is 3. The van der Waals surface area contributed by atoms with Gasteiger partial charge < -0.3 is 25.8 Å².